The zero-order valence-electron chi connectivity index (χ0n) is 16.4. The Bertz CT molecular complexity index is 1300. The quantitative estimate of drug-likeness (QED) is 0.545. The summed E-state index contributed by atoms with van der Waals surface area (Å²) in [6.07, 6.45) is 3.00. The van der Waals surface area contributed by atoms with Crippen LogP contribution in [0.4, 0.5) is 0 Å². The molecule has 3 heterocycles. The van der Waals surface area contributed by atoms with Crippen molar-refractivity contribution in [3.05, 3.63) is 58.6 Å². The highest BCUT2D eigenvalue weighted by Crippen LogP contribution is 2.37. The Hall–Kier alpha value is -3.81. The molecule has 0 atom stereocenters. The predicted octanol–water partition coefficient (Wildman–Crippen LogP) is 3.86. The largest absolute Gasteiger partial charge is 0.478 e. The van der Waals surface area contributed by atoms with Gasteiger partial charge in [-0.25, -0.2) is 9.31 Å². The molecule has 0 bridgehead atoms. The van der Waals surface area contributed by atoms with Crippen LogP contribution in [-0.4, -0.2) is 33.6 Å². The maximum absolute atomic E-state index is 12.2. The first kappa shape index (κ1) is 18.5. The molecule has 3 aromatic heterocycles. The Balaban J connectivity index is 1.84. The molecule has 148 valence electrons. The first-order chi connectivity index (χ1) is 13.8. The number of carboxylic acids is 1. The second-order valence-electron chi connectivity index (χ2n) is 6.74. The molecule has 0 spiro atoms. The zero-order chi connectivity index (χ0) is 20.9. The molecule has 0 saturated carbocycles. The minimum absolute atomic E-state index is 0.164. The number of fused-ring (bicyclic) bond motifs is 2. The van der Waals surface area contributed by atoms with Crippen molar-refractivity contribution in [2.75, 3.05) is 7.05 Å². The number of aromatic nitrogens is 2. The van der Waals surface area contributed by atoms with Gasteiger partial charge in [0.05, 0.1) is 17.3 Å². The van der Waals surface area contributed by atoms with Gasteiger partial charge in [-0.2, -0.15) is 5.10 Å². The van der Waals surface area contributed by atoms with Gasteiger partial charge in [0.15, 0.2) is 5.75 Å². The minimum Gasteiger partial charge on any atom is -0.478 e. The molecule has 4 rings (SSSR count). The smallest absolute Gasteiger partial charge is 0.337 e. The van der Waals surface area contributed by atoms with Crippen molar-refractivity contribution in [3.8, 4) is 11.5 Å². The fourth-order valence-corrected chi connectivity index (χ4v) is 3.55. The lowest BCUT2D eigenvalue weighted by molar-refractivity contribution is 0.0696. The number of benzene rings is 1. The van der Waals surface area contributed by atoms with Crippen LogP contribution < -0.4 is 10.1 Å². The molecule has 0 radical (unpaired) electrons. The van der Waals surface area contributed by atoms with E-state index < -0.39 is 5.97 Å². The number of hydrogen-bond acceptors (Lipinski definition) is 5. The van der Waals surface area contributed by atoms with Crippen LogP contribution in [0.25, 0.3) is 16.5 Å². The van der Waals surface area contributed by atoms with Crippen molar-refractivity contribution in [2.24, 2.45) is 0 Å². The summed E-state index contributed by atoms with van der Waals surface area (Å²) in [4.78, 5) is 23.6. The van der Waals surface area contributed by atoms with E-state index in [4.69, 9.17) is 9.15 Å². The third kappa shape index (κ3) is 2.80. The van der Waals surface area contributed by atoms with Gasteiger partial charge in [0, 0.05) is 30.3 Å². The Morgan fingerprint density at radius 2 is 1.90 bits per heavy atom. The number of amides is 1. The van der Waals surface area contributed by atoms with E-state index >= 15 is 0 Å². The van der Waals surface area contributed by atoms with Crippen LogP contribution in [0.5, 0.6) is 11.5 Å². The Kier molecular flexibility index (Phi) is 4.26. The molecule has 1 aromatic carbocycles. The predicted molar refractivity (Wildman–Crippen MR) is 106 cm³/mol. The number of carboxylic acid groups (broad SMARTS) is 1. The molecule has 4 aromatic rings. The number of nitrogens with one attached hydrogen (secondary N) is 1. The summed E-state index contributed by atoms with van der Waals surface area (Å²) in [5, 5.41) is 16.9. The van der Waals surface area contributed by atoms with Crippen molar-refractivity contribution < 1.29 is 23.8 Å². The molecule has 1 amide bonds. The average molecular weight is 393 g/mol. The molecule has 29 heavy (non-hydrogen) atoms. The van der Waals surface area contributed by atoms with E-state index in [2.05, 4.69) is 10.4 Å². The number of aryl methyl sites for hydroxylation is 3. The van der Waals surface area contributed by atoms with Crippen LogP contribution in [0.3, 0.4) is 0 Å². The van der Waals surface area contributed by atoms with Crippen LogP contribution >= 0.6 is 0 Å². The van der Waals surface area contributed by atoms with E-state index in [1.807, 2.05) is 6.92 Å². The van der Waals surface area contributed by atoms with Crippen LogP contribution in [0.1, 0.15) is 37.6 Å². The maximum Gasteiger partial charge on any atom is 0.337 e. The fraction of sp³-hybridized carbons (Fsp3) is 0.190. The van der Waals surface area contributed by atoms with Crippen molar-refractivity contribution in [2.45, 2.75) is 20.8 Å². The van der Waals surface area contributed by atoms with Gasteiger partial charge >= 0.3 is 5.97 Å². The van der Waals surface area contributed by atoms with Gasteiger partial charge in [0.2, 0.25) is 0 Å². The van der Waals surface area contributed by atoms with Crippen molar-refractivity contribution in [1.29, 1.82) is 0 Å². The molecule has 0 unspecified atom stereocenters. The van der Waals surface area contributed by atoms with Crippen molar-refractivity contribution >= 4 is 28.4 Å². The summed E-state index contributed by atoms with van der Waals surface area (Å²) in [6, 6.07) is 5.23. The monoisotopic (exact) mass is 393 g/mol. The topological polar surface area (TPSA) is 106 Å². The van der Waals surface area contributed by atoms with Gasteiger partial charge in [-0.3, -0.25) is 4.79 Å². The highest BCUT2D eigenvalue weighted by atomic mass is 16.5. The van der Waals surface area contributed by atoms with Crippen LogP contribution in [-0.2, 0) is 0 Å². The highest BCUT2D eigenvalue weighted by molar-refractivity contribution is 6.08. The second kappa shape index (κ2) is 6.66. The molecular formula is C21H19N3O5. The Morgan fingerprint density at radius 3 is 2.59 bits per heavy atom. The second-order valence-corrected chi connectivity index (χ2v) is 6.74. The highest BCUT2D eigenvalue weighted by Gasteiger charge is 2.21. The van der Waals surface area contributed by atoms with E-state index in [0.717, 1.165) is 5.56 Å². The van der Waals surface area contributed by atoms with Gasteiger partial charge in [-0.15, -0.1) is 0 Å². The third-order valence-electron chi connectivity index (χ3n) is 5.03. The SMILES string of the molecule is CNC(=O)c1c(C)oc2c(C)c(Oc3ccnn4cc(C(=O)O)c(C)c34)ccc12. The first-order valence-corrected chi connectivity index (χ1v) is 8.96. The fourth-order valence-electron chi connectivity index (χ4n) is 3.55. The van der Waals surface area contributed by atoms with Crippen LogP contribution in [0.15, 0.2) is 35.0 Å². The maximum atomic E-state index is 12.2. The van der Waals surface area contributed by atoms with Gasteiger partial charge in [0.1, 0.15) is 22.6 Å². The van der Waals surface area contributed by atoms with Crippen molar-refractivity contribution in [1.82, 2.24) is 14.9 Å². The molecular weight excluding hydrogens is 374 g/mol. The Labute approximate surface area is 165 Å². The van der Waals surface area contributed by atoms with E-state index in [1.165, 1.54) is 10.7 Å². The standard InChI is InChI=1S/C21H19N3O5/c1-10-14(21(26)27)9-24-18(10)16(7-8-23-24)29-15-6-5-13-17(20(25)22-4)12(3)28-19(13)11(15)2/h5-9H,1-4H3,(H,22,25)(H,26,27). The molecule has 0 aliphatic heterocycles. The molecule has 0 saturated heterocycles. The normalized spacial score (nSPS) is 11.2. The van der Waals surface area contributed by atoms with Gasteiger partial charge in [0.25, 0.3) is 5.91 Å². The summed E-state index contributed by atoms with van der Waals surface area (Å²) < 4.78 is 13.5. The summed E-state index contributed by atoms with van der Waals surface area (Å²) in [6.45, 7) is 5.31. The molecule has 8 heteroatoms. The molecule has 0 aliphatic rings. The number of carbonyl (C=O) groups is 2. The molecule has 2 N–H and O–H groups in total. The zero-order valence-corrected chi connectivity index (χ0v) is 16.4. The number of aromatic carboxylic acids is 1. The molecule has 0 fully saturated rings. The lowest BCUT2D eigenvalue weighted by Gasteiger charge is -2.11. The summed E-state index contributed by atoms with van der Waals surface area (Å²) in [5.74, 6) is 0.307. The number of ether oxygens (including phenoxy) is 1. The van der Waals surface area contributed by atoms with E-state index in [1.54, 1.807) is 45.3 Å². The van der Waals surface area contributed by atoms with E-state index in [-0.39, 0.29) is 11.5 Å². The lowest BCUT2D eigenvalue weighted by Crippen LogP contribution is -2.18. The van der Waals surface area contributed by atoms with Crippen LogP contribution in [0, 0.1) is 20.8 Å². The van der Waals surface area contributed by atoms with E-state index in [9.17, 15) is 14.7 Å². The van der Waals surface area contributed by atoms with Gasteiger partial charge in [-0.05, 0) is 38.5 Å². The molecule has 0 aliphatic carbocycles. The summed E-state index contributed by atoms with van der Waals surface area (Å²) >= 11 is 0. The van der Waals surface area contributed by atoms with Gasteiger partial charge in [-0.1, -0.05) is 0 Å². The minimum atomic E-state index is -1.02. The Morgan fingerprint density at radius 1 is 1.14 bits per heavy atom. The van der Waals surface area contributed by atoms with Crippen LogP contribution in [0.2, 0.25) is 0 Å². The van der Waals surface area contributed by atoms with E-state index in [0.29, 0.717) is 44.9 Å². The number of nitrogens with zero attached hydrogens (tertiary/aromatic N) is 2. The number of carbonyl (C=O) groups excluding carboxylic acids is 1. The number of rotatable bonds is 4. The summed E-state index contributed by atoms with van der Waals surface area (Å²) in [7, 11) is 1.57. The molecule has 8 nitrogen and oxygen atoms in total. The third-order valence-corrected chi connectivity index (χ3v) is 5.03. The number of furan rings is 1. The summed E-state index contributed by atoms with van der Waals surface area (Å²) in [5.41, 5.74) is 3.11. The number of hydrogen-bond donors (Lipinski definition) is 2. The van der Waals surface area contributed by atoms with Crippen molar-refractivity contribution in [3.63, 3.8) is 0 Å². The van der Waals surface area contributed by atoms with Gasteiger partial charge < -0.3 is 19.6 Å². The average Bonchev–Trinajstić information content (AvgIpc) is 3.21. The lowest BCUT2D eigenvalue weighted by atomic mass is 10.1. The first-order valence-electron chi connectivity index (χ1n) is 8.96.